The molecule has 0 spiro atoms. The van der Waals surface area contributed by atoms with Crippen LogP contribution in [0.15, 0.2) is 47.2 Å². The summed E-state index contributed by atoms with van der Waals surface area (Å²) in [6.45, 7) is 0.334. The van der Waals surface area contributed by atoms with Gasteiger partial charge in [-0.3, -0.25) is 4.79 Å². The molecule has 0 aliphatic carbocycles. The Labute approximate surface area is 123 Å². The number of halogens is 2. The number of nitrogens with zero attached hydrogens (tertiary/aromatic N) is 2. The Morgan fingerprint density at radius 3 is 2.95 bits per heavy atom. The molecule has 0 saturated carbocycles. The lowest BCUT2D eigenvalue weighted by molar-refractivity contribution is 0.112. The summed E-state index contributed by atoms with van der Waals surface area (Å²) in [5, 5.41) is 0.778. The van der Waals surface area contributed by atoms with Crippen molar-refractivity contribution in [1.29, 1.82) is 0 Å². The van der Waals surface area contributed by atoms with Crippen LogP contribution in [0.3, 0.4) is 0 Å². The molecule has 3 aromatic rings. The van der Waals surface area contributed by atoms with Crippen LogP contribution in [0.25, 0.3) is 11.0 Å². The van der Waals surface area contributed by atoms with Gasteiger partial charge in [0.2, 0.25) is 0 Å². The van der Waals surface area contributed by atoms with Crippen molar-refractivity contribution < 1.29 is 9.18 Å². The van der Waals surface area contributed by atoms with Crippen molar-refractivity contribution in [2.24, 2.45) is 0 Å². The van der Waals surface area contributed by atoms with Crippen molar-refractivity contribution in [3.05, 3.63) is 64.1 Å². The first-order chi connectivity index (χ1) is 9.69. The molecule has 1 aromatic carbocycles. The summed E-state index contributed by atoms with van der Waals surface area (Å²) in [5.41, 5.74) is 1.79. The van der Waals surface area contributed by atoms with Gasteiger partial charge in [-0.2, -0.15) is 0 Å². The molecule has 0 bridgehead atoms. The minimum atomic E-state index is -0.287. The predicted molar refractivity (Wildman–Crippen MR) is 78.3 cm³/mol. The average Bonchev–Trinajstić information content (AvgIpc) is 2.80. The first-order valence-corrected chi connectivity index (χ1v) is 6.81. The number of aldehydes is 1. The van der Waals surface area contributed by atoms with Crippen molar-refractivity contribution >= 4 is 33.2 Å². The predicted octanol–water partition coefficient (Wildman–Crippen LogP) is 3.80. The largest absolute Gasteiger partial charge is 0.327 e. The summed E-state index contributed by atoms with van der Waals surface area (Å²) in [6, 6.07) is 8.54. The highest BCUT2D eigenvalue weighted by Gasteiger charge is 2.10. The maximum Gasteiger partial charge on any atom is 0.152 e. The Morgan fingerprint density at radius 1 is 1.35 bits per heavy atom. The molecule has 0 fully saturated rings. The number of benzene rings is 1. The topological polar surface area (TPSA) is 34.9 Å². The summed E-state index contributed by atoms with van der Waals surface area (Å²) < 4.78 is 16.4. The average molecular weight is 333 g/mol. The van der Waals surface area contributed by atoms with E-state index >= 15 is 0 Å². The van der Waals surface area contributed by atoms with Gasteiger partial charge < -0.3 is 4.57 Å². The van der Waals surface area contributed by atoms with Crippen LogP contribution in [0.5, 0.6) is 0 Å². The van der Waals surface area contributed by atoms with E-state index in [0.29, 0.717) is 27.8 Å². The van der Waals surface area contributed by atoms with Crippen LogP contribution in [-0.2, 0) is 6.54 Å². The van der Waals surface area contributed by atoms with Crippen LogP contribution in [0.1, 0.15) is 15.9 Å². The molecule has 5 heteroatoms. The van der Waals surface area contributed by atoms with Gasteiger partial charge in [0.25, 0.3) is 0 Å². The second-order valence-corrected chi connectivity index (χ2v) is 5.36. The number of hydrogen-bond acceptors (Lipinski definition) is 2. The van der Waals surface area contributed by atoms with E-state index < -0.39 is 0 Å². The fourth-order valence-electron chi connectivity index (χ4n) is 2.20. The summed E-state index contributed by atoms with van der Waals surface area (Å²) in [6.07, 6.45) is 4.15. The normalized spacial score (nSPS) is 10.9. The van der Waals surface area contributed by atoms with Gasteiger partial charge in [-0.05, 0) is 24.3 Å². The second-order valence-electron chi connectivity index (χ2n) is 4.44. The molecule has 0 amide bonds. The van der Waals surface area contributed by atoms with E-state index in [0.717, 1.165) is 11.7 Å². The first-order valence-electron chi connectivity index (χ1n) is 6.02. The van der Waals surface area contributed by atoms with E-state index in [1.165, 1.54) is 6.07 Å². The molecule has 0 aliphatic rings. The van der Waals surface area contributed by atoms with Gasteiger partial charge in [-0.15, -0.1) is 0 Å². The van der Waals surface area contributed by atoms with Crippen LogP contribution >= 0.6 is 15.9 Å². The Kier molecular flexibility index (Phi) is 3.36. The summed E-state index contributed by atoms with van der Waals surface area (Å²) in [7, 11) is 0. The quantitative estimate of drug-likeness (QED) is 0.684. The SMILES string of the molecule is O=Cc1cn(Cc2ccc(Br)cc2F)c2ncccc12. The lowest BCUT2D eigenvalue weighted by Crippen LogP contribution is -2.01. The molecular formula is C15H10BrFN2O. The highest BCUT2D eigenvalue weighted by Crippen LogP contribution is 2.21. The van der Waals surface area contributed by atoms with Crippen molar-refractivity contribution in [1.82, 2.24) is 9.55 Å². The maximum absolute atomic E-state index is 13.9. The fraction of sp³-hybridized carbons (Fsp3) is 0.0667. The molecule has 2 heterocycles. The molecule has 2 aromatic heterocycles. The third-order valence-electron chi connectivity index (χ3n) is 3.15. The lowest BCUT2D eigenvalue weighted by Gasteiger charge is -2.06. The number of carbonyl (C=O) groups excluding carboxylic acids is 1. The van der Waals surface area contributed by atoms with E-state index in [2.05, 4.69) is 20.9 Å². The highest BCUT2D eigenvalue weighted by atomic mass is 79.9. The molecule has 3 nitrogen and oxygen atoms in total. The molecule has 0 radical (unpaired) electrons. The minimum Gasteiger partial charge on any atom is -0.327 e. The van der Waals surface area contributed by atoms with Crippen LogP contribution in [0, 0.1) is 5.82 Å². The standard InChI is InChI=1S/C15H10BrFN2O/c16-12-4-3-10(14(17)6-12)7-19-8-11(9-20)13-2-1-5-18-15(13)19/h1-6,8-9H,7H2. The van der Waals surface area contributed by atoms with Gasteiger partial charge in [0.05, 0.1) is 6.54 Å². The number of hydrogen-bond donors (Lipinski definition) is 0. The Morgan fingerprint density at radius 2 is 2.20 bits per heavy atom. The minimum absolute atomic E-state index is 0.287. The summed E-state index contributed by atoms with van der Waals surface area (Å²) in [4.78, 5) is 15.3. The fourth-order valence-corrected chi connectivity index (χ4v) is 2.53. The third kappa shape index (κ3) is 2.25. The zero-order valence-corrected chi connectivity index (χ0v) is 12.0. The van der Waals surface area contributed by atoms with Crippen LogP contribution in [0.2, 0.25) is 0 Å². The molecule has 0 unspecified atom stereocenters. The van der Waals surface area contributed by atoms with E-state index in [-0.39, 0.29) is 5.82 Å². The van der Waals surface area contributed by atoms with E-state index in [1.54, 1.807) is 35.2 Å². The highest BCUT2D eigenvalue weighted by molar-refractivity contribution is 9.10. The van der Waals surface area contributed by atoms with E-state index in [1.807, 2.05) is 6.07 Å². The van der Waals surface area contributed by atoms with Gasteiger partial charge in [0.1, 0.15) is 11.5 Å². The van der Waals surface area contributed by atoms with Crippen LogP contribution in [0.4, 0.5) is 4.39 Å². The number of carbonyl (C=O) groups is 1. The number of fused-ring (bicyclic) bond motifs is 1. The Bertz CT molecular complexity index is 798. The number of pyridine rings is 1. The molecular weight excluding hydrogens is 323 g/mol. The molecule has 3 rings (SSSR count). The van der Waals surface area contributed by atoms with Gasteiger partial charge in [-0.25, -0.2) is 9.37 Å². The van der Waals surface area contributed by atoms with Crippen LogP contribution in [-0.4, -0.2) is 15.8 Å². The molecule has 0 saturated heterocycles. The third-order valence-corrected chi connectivity index (χ3v) is 3.64. The number of rotatable bonds is 3. The lowest BCUT2D eigenvalue weighted by atomic mass is 10.2. The molecule has 0 atom stereocenters. The maximum atomic E-state index is 13.9. The Hall–Kier alpha value is -2.01. The number of aromatic nitrogens is 2. The molecule has 20 heavy (non-hydrogen) atoms. The van der Waals surface area contributed by atoms with Crippen molar-refractivity contribution in [3.63, 3.8) is 0 Å². The van der Waals surface area contributed by atoms with Crippen LogP contribution < -0.4 is 0 Å². The van der Waals surface area contributed by atoms with E-state index in [4.69, 9.17) is 0 Å². The smallest absolute Gasteiger partial charge is 0.152 e. The monoisotopic (exact) mass is 332 g/mol. The zero-order chi connectivity index (χ0) is 14.1. The molecule has 0 N–H and O–H groups in total. The summed E-state index contributed by atoms with van der Waals surface area (Å²) >= 11 is 3.23. The van der Waals surface area contributed by atoms with Crippen molar-refractivity contribution in [3.8, 4) is 0 Å². The van der Waals surface area contributed by atoms with Crippen molar-refractivity contribution in [2.45, 2.75) is 6.54 Å². The second kappa shape index (κ2) is 5.17. The van der Waals surface area contributed by atoms with E-state index in [9.17, 15) is 9.18 Å². The molecule has 100 valence electrons. The zero-order valence-electron chi connectivity index (χ0n) is 10.4. The van der Waals surface area contributed by atoms with Crippen molar-refractivity contribution in [2.75, 3.05) is 0 Å². The van der Waals surface area contributed by atoms with Gasteiger partial charge in [0.15, 0.2) is 6.29 Å². The first kappa shape index (κ1) is 13.0. The Balaban J connectivity index is 2.09. The summed E-state index contributed by atoms with van der Waals surface area (Å²) in [5.74, 6) is -0.287. The van der Waals surface area contributed by atoms with Gasteiger partial charge in [-0.1, -0.05) is 22.0 Å². The van der Waals surface area contributed by atoms with Gasteiger partial charge in [0, 0.05) is 33.4 Å². The molecule has 0 aliphatic heterocycles. The van der Waals surface area contributed by atoms with Gasteiger partial charge >= 0.3 is 0 Å².